The van der Waals surface area contributed by atoms with E-state index in [0.29, 0.717) is 0 Å². The Kier molecular flexibility index (Phi) is 2.54. The highest BCUT2D eigenvalue weighted by Crippen LogP contribution is 2.18. The number of carbonyl (C=O) groups is 1. The highest BCUT2D eigenvalue weighted by atomic mass is 16.5. The van der Waals surface area contributed by atoms with E-state index in [-0.39, 0.29) is 5.97 Å². The number of aromatic nitrogens is 1. The number of hydrogen-bond acceptors (Lipinski definition) is 2. The number of aromatic amines is 1. The smallest absolute Gasteiger partial charge is 0.330 e. The Morgan fingerprint density at radius 3 is 3.00 bits per heavy atom. The Morgan fingerprint density at radius 1 is 1.40 bits per heavy atom. The predicted molar refractivity (Wildman–Crippen MR) is 59.3 cm³/mol. The highest BCUT2D eigenvalue weighted by molar-refractivity contribution is 5.93. The number of ether oxygens (including phenoxy) is 1. The van der Waals surface area contributed by atoms with Crippen molar-refractivity contribution in [1.82, 2.24) is 4.98 Å². The summed E-state index contributed by atoms with van der Waals surface area (Å²) >= 11 is 0. The van der Waals surface area contributed by atoms with E-state index in [1.165, 1.54) is 13.2 Å². The van der Waals surface area contributed by atoms with E-state index in [1.54, 1.807) is 6.08 Å². The molecule has 0 fully saturated rings. The van der Waals surface area contributed by atoms with Crippen LogP contribution in [-0.2, 0) is 9.53 Å². The Bertz CT molecular complexity index is 511. The minimum atomic E-state index is -0.347. The molecule has 1 aromatic heterocycles. The Labute approximate surface area is 87.4 Å². The summed E-state index contributed by atoms with van der Waals surface area (Å²) in [4.78, 5) is 14.1. The maximum absolute atomic E-state index is 10.9. The van der Waals surface area contributed by atoms with E-state index in [0.717, 1.165) is 16.5 Å². The summed E-state index contributed by atoms with van der Waals surface area (Å²) in [6, 6.07) is 7.92. The fourth-order valence-electron chi connectivity index (χ4n) is 1.46. The van der Waals surface area contributed by atoms with E-state index in [4.69, 9.17) is 0 Å². The summed E-state index contributed by atoms with van der Waals surface area (Å²) in [5.41, 5.74) is 2.04. The van der Waals surface area contributed by atoms with Gasteiger partial charge in [-0.1, -0.05) is 18.2 Å². The summed E-state index contributed by atoms with van der Waals surface area (Å²) < 4.78 is 4.52. The summed E-state index contributed by atoms with van der Waals surface area (Å²) in [5, 5.41) is 1.10. The van der Waals surface area contributed by atoms with Crippen molar-refractivity contribution in [2.24, 2.45) is 0 Å². The molecule has 0 amide bonds. The van der Waals surface area contributed by atoms with Gasteiger partial charge in [0.05, 0.1) is 7.11 Å². The van der Waals surface area contributed by atoms with Crippen LogP contribution in [0.5, 0.6) is 0 Å². The van der Waals surface area contributed by atoms with Gasteiger partial charge in [-0.2, -0.15) is 0 Å². The van der Waals surface area contributed by atoms with E-state index in [1.807, 2.05) is 30.5 Å². The molecule has 15 heavy (non-hydrogen) atoms. The van der Waals surface area contributed by atoms with E-state index >= 15 is 0 Å². The van der Waals surface area contributed by atoms with Crippen molar-refractivity contribution >= 4 is 22.9 Å². The molecular formula is C12H11NO2. The van der Waals surface area contributed by atoms with Crippen LogP contribution in [0.3, 0.4) is 0 Å². The van der Waals surface area contributed by atoms with Crippen LogP contribution in [0.15, 0.2) is 36.5 Å². The number of methoxy groups -OCH3 is 1. The van der Waals surface area contributed by atoms with Crippen LogP contribution in [0.1, 0.15) is 5.56 Å². The molecule has 1 aromatic carbocycles. The predicted octanol–water partition coefficient (Wildman–Crippen LogP) is 2.35. The van der Waals surface area contributed by atoms with Crippen LogP contribution >= 0.6 is 0 Å². The second kappa shape index (κ2) is 4.00. The normalized spacial score (nSPS) is 11.0. The molecule has 3 heteroatoms. The average Bonchev–Trinajstić information content (AvgIpc) is 2.69. The topological polar surface area (TPSA) is 42.1 Å². The van der Waals surface area contributed by atoms with Crippen LogP contribution in [-0.4, -0.2) is 18.1 Å². The number of para-hydroxylation sites is 1. The lowest BCUT2D eigenvalue weighted by Gasteiger charge is -1.91. The minimum Gasteiger partial charge on any atom is -0.466 e. The van der Waals surface area contributed by atoms with Crippen molar-refractivity contribution in [3.8, 4) is 0 Å². The highest BCUT2D eigenvalue weighted by Gasteiger charge is 1.99. The third kappa shape index (κ3) is 1.91. The molecular weight excluding hydrogens is 190 g/mol. The number of nitrogens with one attached hydrogen (secondary N) is 1. The number of rotatable bonds is 2. The van der Waals surface area contributed by atoms with Gasteiger partial charge in [0.15, 0.2) is 0 Å². The van der Waals surface area contributed by atoms with Crippen molar-refractivity contribution in [2.75, 3.05) is 7.11 Å². The van der Waals surface area contributed by atoms with Gasteiger partial charge >= 0.3 is 5.97 Å². The molecule has 3 nitrogen and oxygen atoms in total. The molecule has 1 heterocycles. The van der Waals surface area contributed by atoms with E-state index < -0.39 is 0 Å². The van der Waals surface area contributed by atoms with Crippen molar-refractivity contribution in [2.45, 2.75) is 0 Å². The second-order valence-corrected chi connectivity index (χ2v) is 3.15. The Balaban J connectivity index is 2.36. The Hall–Kier alpha value is -2.03. The molecule has 0 atom stereocenters. The lowest BCUT2D eigenvalue weighted by Crippen LogP contribution is -1.92. The maximum Gasteiger partial charge on any atom is 0.330 e. The van der Waals surface area contributed by atoms with Gasteiger partial charge in [0.2, 0.25) is 0 Å². The van der Waals surface area contributed by atoms with Crippen molar-refractivity contribution in [3.63, 3.8) is 0 Å². The molecule has 0 saturated carbocycles. The molecule has 0 saturated heterocycles. The first-order valence-electron chi connectivity index (χ1n) is 4.63. The number of hydrogen-bond donors (Lipinski definition) is 1. The summed E-state index contributed by atoms with van der Waals surface area (Å²) in [7, 11) is 1.36. The molecule has 1 N–H and O–H groups in total. The SMILES string of the molecule is COC(=O)/C=C\c1c[nH]c2ccccc12. The first-order valence-corrected chi connectivity index (χ1v) is 4.63. The largest absolute Gasteiger partial charge is 0.466 e. The van der Waals surface area contributed by atoms with Gasteiger partial charge in [0.25, 0.3) is 0 Å². The summed E-state index contributed by atoms with van der Waals surface area (Å²) in [6.45, 7) is 0. The number of carbonyl (C=O) groups excluding carboxylic acids is 1. The monoisotopic (exact) mass is 201 g/mol. The Morgan fingerprint density at radius 2 is 2.20 bits per heavy atom. The van der Waals surface area contributed by atoms with Crippen LogP contribution in [0.4, 0.5) is 0 Å². The van der Waals surface area contributed by atoms with Crippen molar-refractivity contribution < 1.29 is 9.53 Å². The zero-order valence-electron chi connectivity index (χ0n) is 8.36. The minimum absolute atomic E-state index is 0.347. The molecule has 0 unspecified atom stereocenters. The zero-order chi connectivity index (χ0) is 10.7. The number of benzene rings is 1. The van der Waals surface area contributed by atoms with Gasteiger partial charge in [-0.3, -0.25) is 0 Å². The summed E-state index contributed by atoms with van der Waals surface area (Å²) in [5.74, 6) is -0.347. The lowest BCUT2D eigenvalue weighted by molar-refractivity contribution is -0.134. The van der Waals surface area contributed by atoms with Gasteiger partial charge in [0, 0.05) is 28.7 Å². The van der Waals surface area contributed by atoms with Crippen molar-refractivity contribution in [1.29, 1.82) is 0 Å². The number of fused-ring (bicyclic) bond motifs is 1. The number of H-pyrrole nitrogens is 1. The van der Waals surface area contributed by atoms with Crippen LogP contribution in [0.25, 0.3) is 17.0 Å². The second-order valence-electron chi connectivity index (χ2n) is 3.15. The first kappa shape index (κ1) is 9.52. The van der Waals surface area contributed by atoms with E-state index in [2.05, 4.69) is 9.72 Å². The summed E-state index contributed by atoms with van der Waals surface area (Å²) in [6.07, 6.45) is 5.02. The standard InChI is InChI=1S/C12H11NO2/c1-15-12(14)7-6-9-8-13-11-5-3-2-4-10(9)11/h2-8,13H,1H3/b7-6-. The van der Waals surface area contributed by atoms with Crippen molar-refractivity contribution in [3.05, 3.63) is 42.1 Å². The molecule has 0 radical (unpaired) electrons. The molecule has 2 rings (SSSR count). The quantitative estimate of drug-likeness (QED) is 0.598. The van der Waals surface area contributed by atoms with Crippen LogP contribution < -0.4 is 0 Å². The van der Waals surface area contributed by atoms with Crippen LogP contribution in [0, 0.1) is 0 Å². The van der Waals surface area contributed by atoms with Gasteiger partial charge < -0.3 is 9.72 Å². The van der Waals surface area contributed by atoms with Gasteiger partial charge in [-0.25, -0.2) is 4.79 Å². The average molecular weight is 201 g/mol. The van der Waals surface area contributed by atoms with Gasteiger partial charge in [-0.15, -0.1) is 0 Å². The molecule has 2 aromatic rings. The molecule has 0 aliphatic heterocycles. The number of esters is 1. The first-order chi connectivity index (χ1) is 7.31. The third-order valence-electron chi connectivity index (χ3n) is 2.22. The molecule has 76 valence electrons. The molecule has 0 aliphatic rings. The molecule has 0 spiro atoms. The lowest BCUT2D eigenvalue weighted by atomic mass is 10.1. The zero-order valence-corrected chi connectivity index (χ0v) is 8.36. The fourth-order valence-corrected chi connectivity index (χ4v) is 1.46. The maximum atomic E-state index is 10.9. The molecule has 0 aliphatic carbocycles. The van der Waals surface area contributed by atoms with Gasteiger partial charge in [0.1, 0.15) is 0 Å². The van der Waals surface area contributed by atoms with Gasteiger partial charge in [-0.05, 0) is 12.1 Å². The van der Waals surface area contributed by atoms with Crippen LogP contribution in [0.2, 0.25) is 0 Å². The fraction of sp³-hybridized carbons (Fsp3) is 0.0833. The molecule has 0 bridgehead atoms. The van der Waals surface area contributed by atoms with E-state index in [9.17, 15) is 4.79 Å². The third-order valence-corrected chi connectivity index (χ3v) is 2.22.